The first kappa shape index (κ1) is 16.5. The van der Waals surface area contributed by atoms with Crippen LogP contribution in [0.25, 0.3) is 11.3 Å². The van der Waals surface area contributed by atoms with Crippen LogP contribution in [0.3, 0.4) is 0 Å². The van der Waals surface area contributed by atoms with Crippen LogP contribution in [0.15, 0.2) is 63.6 Å². The van der Waals surface area contributed by atoms with Gasteiger partial charge in [0.2, 0.25) is 5.76 Å². The molecule has 2 heterocycles. The summed E-state index contributed by atoms with van der Waals surface area (Å²) in [5.74, 6) is -1.08. The van der Waals surface area contributed by atoms with Gasteiger partial charge >= 0.3 is 5.97 Å². The highest BCUT2D eigenvalue weighted by atomic mass is 19.1. The predicted octanol–water partition coefficient (Wildman–Crippen LogP) is 3.15. The Hall–Kier alpha value is -3.35. The molecule has 0 bridgehead atoms. The van der Waals surface area contributed by atoms with Crippen molar-refractivity contribution in [2.75, 3.05) is 6.61 Å². The van der Waals surface area contributed by atoms with E-state index in [4.69, 9.17) is 13.6 Å². The van der Waals surface area contributed by atoms with E-state index < -0.39 is 24.3 Å². The highest BCUT2D eigenvalue weighted by Crippen LogP contribution is 2.25. The molecule has 2 aromatic heterocycles. The number of furan rings is 2. The van der Waals surface area contributed by atoms with Gasteiger partial charge in [-0.25, -0.2) is 9.18 Å². The van der Waals surface area contributed by atoms with E-state index in [-0.39, 0.29) is 23.6 Å². The van der Waals surface area contributed by atoms with Crippen LogP contribution >= 0.6 is 0 Å². The molecule has 0 aliphatic carbocycles. The molecule has 0 aliphatic rings. The van der Waals surface area contributed by atoms with Gasteiger partial charge in [0.05, 0.1) is 18.4 Å². The second kappa shape index (κ2) is 7.48. The van der Waals surface area contributed by atoms with Crippen LogP contribution in [0.2, 0.25) is 0 Å². The summed E-state index contributed by atoms with van der Waals surface area (Å²) in [7, 11) is 0. The van der Waals surface area contributed by atoms with Crippen LogP contribution in [-0.2, 0) is 16.1 Å². The lowest BCUT2D eigenvalue weighted by molar-refractivity contribution is -0.124. The number of hydrogen-bond donors (Lipinski definition) is 1. The third-order valence-electron chi connectivity index (χ3n) is 3.32. The Morgan fingerprint density at radius 3 is 2.68 bits per heavy atom. The lowest BCUT2D eigenvalue weighted by Crippen LogP contribution is -2.28. The third kappa shape index (κ3) is 4.14. The van der Waals surface area contributed by atoms with Gasteiger partial charge < -0.3 is 18.9 Å². The number of hydrogen-bond acceptors (Lipinski definition) is 5. The SMILES string of the molecule is O=C(COC(=O)c1ccc(-c2ccccc2F)o1)NCc1ccco1. The first-order valence-electron chi connectivity index (χ1n) is 7.44. The summed E-state index contributed by atoms with van der Waals surface area (Å²) >= 11 is 0. The van der Waals surface area contributed by atoms with Crippen molar-refractivity contribution in [3.8, 4) is 11.3 Å². The second-order valence-corrected chi connectivity index (χ2v) is 5.08. The molecule has 7 heteroatoms. The standard InChI is InChI=1S/C18H14FNO5/c19-14-6-2-1-5-13(14)15-7-8-16(25-15)18(22)24-11-17(21)20-10-12-4-3-9-23-12/h1-9H,10-11H2,(H,20,21). The van der Waals surface area contributed by atoms with Crippen LogP contribution in [0.5, 0.6) is 0 Å². The highest BCUT2D eigenvalue weighted by Gasteiger charge is 2.16. The van der Waals surface area contributed by atoms with Crippen molar-refractivity contribution in [2.45, 2.75) is 6.54 Å². The first-order chi connectivity index (χ1) is 12.1. The zero-order chi connectivity index (χ0) is 17.6. The largest absolute Gasteiger partial charge is 0.467 e. The number of carbonyl (C=O) groups excluding carboxylic acids is 2. The summed E-state index contributed by atoms with van der Waals surface area (Å²) in [5, 5.41) is 2.54. The van der Waals surface area contributed by atoms with E-state index in [1.165, 1.54) is 30.5 Å². The second-order valence-electron chi connectivity index (χ2n) is 5.08. The van der Waals surface area contributed by atoms with Gasteiger partial charge in [-0.05, 0) is 36.4 Å². The lowest BCUT2D eigenvalue weighted by atomic mass is 10.1. The van der Waals surface area contributed by atoms with E-state index in [1.807, 2.05) is 0 Å². The molecule has 1 amide bonds. The molecule has 3 aromatic rings. The van der Waals surface area contributed by atoms with Gasteiger partial charge in [-0.3, -0.25) is 4.79 Å². The Morgan fingerprint density at radius 1 is 1.08 bits per heavy atom. The van der Waals surface area contributed by atoms with Gasteiger partial charge in [-0.1, -0.05) is 12.1 Å². The lowest BCUT2D eigenvalue weighted by Gasteiger charge is -2.04. The number of rotatable bonds is 6. The molecule has 1 N–H and O–H groups in total. The predicted molar refractivity (Wildman–Crippen MR) is 84.9 cm³/mol. The van der Waals surface area contributed by atoms with Crippen LogP contribution in [0.1, 0.15) is 16.3 Å². The summed E-state index contributed by atoms with van der Waals surface area (Å²) in [6.07, 6.45) is 1.49. The summed E-state index contributed by atoms with van der Waals surface area (Å²) < 4.78 is 28.9. The molecule has 1 aromatic carbocycles. The highest BCUT2D eigenvalue weighted by molar-refractivity contribution is 5.89. The summed E-state index contributed by atoms with van der Waals surface area (Å²) in [6, 6.07) is 12.3. The summed E-state index contributed by atoms with van der Waals surface area (Å²) in [5.41, 5.74) is 0.234. The van der Waals surface area contributed by atoms with Gasteiger partial charge in [0.15, 0.2) is 6.61 Å². The normalized spacial score (nSPS) is 10.4. The maximum Gasteiger partial charge on any atom is 0.374 e. The van der Waals surface area contributed by atoms with E-state index in [2.05, 4.69) is 5.32 Å². The molecule has 128 valence electrons. The van der Waals surface area contributed by atoms with Crippen LogP contribution < -0.4 is 5.32 Å². The van der Waals surface area contributed by atoms with Crippen molar-refractivity contribution < 1.29 is 27.6 Å². The smallest absolute Gasteiger partial charge is 0.374 e. The maximum atomic E-state index is 13.7. The topological polar surface area (TPSA) is 81.7 Å². The number of benzene rings is 1. The number of esters is 1. The molecular weight excluding hydrogens is 329 g/mol. The minimum atomic E-state index is -0.810. The van der Waals surface area contributed by atoms with E-state index in [9.17, 15) is 14.0 Å². The maximum absolute atomic E-state index is 13.7. The molecule has 6 nitrogen and oxygen atoms in total. The Bertz CT molecular complexity index is 869. The molecule has 0 radical (unpaired) electrons. The van der Waals surface area contributed by atoms with Crippen molar-refractivity contribution in [1.82, 2.24) is 5.32 Å². The van der Waals surface area contributed by atoms with Gasteiger partial charge in [-0.2, -0.15) is 0 Å². The Labute approximate surface area is 142 Å². The zero-order valence-electron chi connectivity index (χ0n) is 13.0. The molecule has 0 saturated heterocycles. The Kier molecular flexibility index (Phi) is 4.94. The summed E-state index contributed by atoms with van der Waals surface area (Å²) in [6.45, 7) is -0.267. The molecule has 0 spiro atoms. The van der Waals surface area contributed by atoms with E-state index in [0.717, 1.165) is 0 Å². The van der Waals surface area contributed by atoms with E-state index >= 15 is 0 Å². The number of carbonyl (C=O) groups is 2. The molecule has 0 fully saturated rings. The van der Waals surface area contributed by atoms with Gasteiger partial charge in [-0.15, -0.1) is 0 Å². The van der Waals surface area contributed by atoms with Crippen molar-refractivity contribution >= 4 is 11.9 Å². The Morgan fingerprint density at radius 2 is 1.92 bits per heavy atom. The number of nitrogens with one attached hydrogen (secondary N) is 1. The number of halogens is 1. The number of amides is 1. The fraction of sp³-hybridized carbons (Fsp3) is 0.111. The van der Waals surface area contributed by atoms with Gasteiger partial charge in [0, 0.05) is 0 Å². The van der Waals surface area contributed by atoms with Crippen LogP contribution in [-0.4, -0.2) is 18.5 Å². The molecule has 0 saturated carbocycles. The average molecular weight is 343 g/mol. The monoisotopic (exact) mass is 343 g/mol. The first-order valence-corrected chi connectivity index (χ1v) is 7.44. The van der Waals surface area contributed by atoms with Crippen LogP contribution in [0, 0.1) is 5.82 Å². The fourth-order valence-corrected chi connectivity index (χ4v) is 2.11. The molecule has 0 atom stereocenters. The van der Waals surface area contributed by atoms with E-state index in [1.54, 1.807) is 24.3 Å². The average Bonchev–Trinajstić information content (AvgIpc) is 3.30. The summed E-state index contributed by atoms with van der Waals surface area (Å²) in [4.78, 5) is 23.5. The molecule has 25 heavy (non-hydrogen) atoms. The van der Waals surface area contributed by atoms with Gasteiger partial charge in [0.25, 0.3) is 5.91 Å². The zero-order valence-corrected chi connectivity index (χ0v) is 13.0. The third-order valence-corrected chi connectivity index (χ3v) is 3.32. The molecule has 0 aliphatic heterocycles. The van der Waals surface area contributed by atoms with Crippen molar-refractivity contribution in [2.24, 2.45) is 0 Å². The number of ether oxygens (including phenoxy) is 1. The van der Waals surface area contributed by atoms with Crippen molar-refractivity contribution in [1.29, 1.82) is 0 Å². The van der Waals surface area contributed by atoms with Gasteiger partial charge in [0.1, 0.15) is 17.3 Å². The minimum absolute atomic E-state index is 0.114. The van der Waals surface area contributed by atoms with Crippen LogP contribution in [0.4, 0.5) is 4.39 Å². The van der Waals surface area contributed by atoms with E-state index in [0.29, 0.717) is 5.76 Å². The van der Waals surface area contributed by atoms with Crippen molar-refractivity contribution in [3.63, 3.8) is 0 Å². The Balaban J connectivity index is 1.53. The molecular formula is C18H14FNO5. The molecule has 0 unspecified atom stereocenters. The van der Waals surface area contributed by atoms with Crippen molar-refractivity contribution in [3.05, 3.63) is 72.1 Å². The molecule has 3 rings (SSSR count). The fourth-order valence-electron chi connectivity index (χ4n) is 2.11. The minimum Gasteiger partial charge on any atom is -0.467 e. The quantitative estimate of drug-likeness (QED) is 0.695.